The van der Waals surface area contributed by atoms with Crippen LogP contribution in [0.3, 0.4) is 0 Å². The number of allylic oxidation sites excluding steroid dienone is 4. The molecule has 0 radical (unpaired) electrons. The lowest BCUT2D eigenvalue weighted by Crippen LogP contribution is -2.08. The second-order valence-electron chi connectivity index (χ2n) is 3.87. The summed E-state index contributed by atoms with van der Waals surface area (Å²) in [7, 11) is 0. The van der Waals surface area contributed by atoms with Crippen LogP contribution in [0.15, 0.2) is 57.5 Å². The second-order valence-corrected chi connectivity index (χ2v) is 4.79. The predicted molar refractivity (Wildman–Crippen MR) is 73.8 cm³/mol. The van der Waals surface area contributed by atoms with Crippen molar-refractivity contribution in [3.8, 4) is 0 Å². The van der Waals surface area contributed by atoms with Crippen molar-refractivity contribution in [3.63, 3.8) is 0 Å². The summed E-state index contributed by atoms with van der Waals surface area (Å²) in [4.78, 5) is 27.0. The molecule has 1 aliphatic carbocycles. The lowest BCUT2D eigenvalue weighted by molar-refractivity contribution is -0.110. The van der Waals surface area contributed by atoms with Crippen LogP contribution in [0.1, 0.15) is 17.3 Å². The highest BCUT2D eigenvalue weighted by atomic mass is 79.9. The Morgan fingerprint density at radius 1 is 1.17 bits per heavy atom. The van der Waals surface area contributed by atoms with Crippen molar-refractivity contribution in [2.75, 3.05) is 0 Å². The molecule has 1 aliphatic rings. The molecule has 1 aromatic carbocycles. The van der Waals surface area contributed by atoms with E-state index < -0.39 is 0 Å². The van der Waals surface area contributed by atoms with Crippen molar-refractivity contribution in [1.82, 2.24) is 0 Å². The monoisotopic (exact) mass is 303 g/mol. The van der Waals surface area contributed by atoms with Crippen LogP contribution in [0, 0.1) is 0 Å². The topological polar surface area (TPSA) is 46.5 Å². The van der Waals surface area contributed by atoms with E-state index in [1.54, 1.807) is 37.3 Å². The van der Waals surface area contributed by atoms with E-state index in [0.29, 0.717) is 16.8 Å². The maximum Gasteiger partial charge on any atom is 0.277 e. The van der Waals surface area contributed by atoms with E-state index in [0.717, 1.165) is 4.47 Å². The number of hydrogen-bond donors (Lipinski definition) is 0. The zero-order valence-electron chi connectivity index (χ0n) is 9.68. The van der Waals surface area contributed by atoms with E-state index >= 15 is 0 Å². The first-order valence-corrected chi connectivity index (χ1v) is 6.15. The van der Waals surface area contributed by atoms with E-state index in [9.17, 15) is 9.59 Å². The van der Waals surface area contributed by atoms with Gasteiger partial charge in [0.25, 0.3) is 5.91 Å². The summed E-state index contributed by atoms with van der Waals surface area (Å²) in [5.74, 6) is -0.396. The third-order valence-corrected chi connectivity index (χ3v) is 3.01. The molecular formula is C14H10BrNO2. The minimum absolute atomic E-state index is 0.0810. The predicted octanol–water partition coefficient (Wildman–Crippen LogP) is 3.12. The molecule has 0 atom stereocenters. The molecule has 0 bridgehead atoms. The van der Waals surface area contributed by atoms with E-state index in [-0.39, 0.29) is 11.7 Å². The fraction of sp³-hybridized carbons (Fsp3) is 0.0714. The number of carbonyl (C=O) groups is 2. The third-order valence-electron chi connectivity index (χ3n) is 2.48. The molecule has 0 heterocycles. The molecule has 2 rings (SSSR count). The molecule has 0 saturated heterocycles. The van der Waals surface area contributed by atoms with Gasteiger partial charge in [-0.25, -0.2) is 4.99 Å². The molecule has 1 aromatic rings. The van der Waals surface area contributed by atoms with Crippen molar-refractivity contribution in [2.24, 2.45) is 4.99 Å². The molecular weight excluding hydrogens is 294 g/mol. The molecule has 0 N–H and O–H groups in total. The Labute approximate surface area is 113 Å². The number of ketones is 1. The smallest absolute Gasteiger partial charge is 0.277 e. The van der Waals surface area contributed by atoms with Gasteiger partial charge in [0.1, 0.15) is 0 Å². The van der Waals surface area contributed by atoms with Gasteiger partial charge >= 0.3 is 0 Å². The van der Waals surface area contributed by atoms with Crippen LogP contribution >= 0.6 is 15.9 Å². The van der Waals surface area contributed by atoms with Gasteiger partial charge in [-0.15, -0.1) is 0 Å². The maximum atomic E-state index is 11.9. The van der Waals surface area contributed by atoms with Crippen molar-refractivity contribution in [2.45, 2.75) is 6.92 Å². The van der Waals surface area contributed by atoms with Gasteiger partial charge in [-0.05, 0) is 55.0 Å². The van der Waals surface area contributed by atoms with Crippen molar-refractivity contribution in [3.05, 3.63) is 58.1 Å². The summed E-state index contributed by atoms with van der Waals surface area (Å²) in [6, 6.07) is 6.98. The SMILES string of the molecule is CC1=CC(=O)C=CC1=NC(=O)c1ccc(Br)cc1. The van der Waals surface area contributed by atoms with Gasteiger partial charge in [-0.2, -0.15) is 0 Å². The molecule has 0 saturated carbocycles. The minimum Gasteiger partial charge on any atom is -0.290 e. The Morgan fingerprint density at radius 3 is 2.44 bits per heavy atom. The Balaban J connectivity index is 2.26. The number of hydrogen-bond acceptors (Lipinski definition) is 2. The first-order valence-electron chi connectivity index (χ1n) is 5.35. The fourth-order valence-electron chi connectivity index (χ4n) is 1.52. The molecule has 90 valence electrons. The maximum absolute atomic E-state index is 11.9. The van der Waals surface area contributed by atoms with E-state index in [2.05, 4.69) is 20.9 Å². The minimum atomic E-state index is -0.316. The largest absolute Gasteiger partial charge is 0.290 e. The Bertz CT molecular complexity index is 595. The molecule has 3 nitrogen and oxygen atoms in total. The molecule has 0 aromatic heterocycles. The average molecular weight is 304 g/mol. The Hall–Kier alpha value is -1.81. The highest BCUT2D eigenvalue weighted by Crippen LogP contribution is 2.13. The van der Waals surface area contributed by atoms with Crippen molar-refractivity contribution >= 4 is 33.3 Å². The second kappa shape index (κ2) is 5.23. The van der Waals surface area contributed by atoms with Crippen LogP contribution in [-0.2, 0) is 4.79 Å². The van der Waals surface area contributed by atoms with Crippen LogP contribution in [-0.4, -0.2) is 17.4 Å². The highest BCUT2D eigenvalue weighted by Gasteiger charge is 2.10. The summed E-state index contributed by atoms with van der Waals surface area (Å²) < 4.78 is 0.908. The summed E-state index contributed by atoms with van der Waals surface area (Å²) in [6.07, 6.45) is 4.43. The van der Waals surface area contributed by atoms with Crippen LogP contribution < -0.4 is 0 Å². The van der Waals surface area contributed by atoms with Crippen LogP contribution in [0.5, 0.6) is 0 Å². The van der Waals surface area contributed by atoms with Gasteiger partial charge < -0.3 is 0 Å². The number of nitrogens with zero attached hydrogens (tertiary/aromatic N) is 1. The van der Waals surface area contributed by atoms with Gasteiger partial charge in [-0.3, -0.25) is 9.59 Å². The number of halogens is 1. The van der Waals surface area contributed by atoms with Crippen molar-refractivity contribution in [1.29, 1.82) is 0 Å². The molecule has 0 spiro atoms. The normalized spacial score (nSPS) is 16.9. The van der Waals surface area contributed by atoms with Gasteiger partial charge in [0, 0.05) is 10.0 Å². The number of benzene rings is 1. The zero-order chi connectivity index (χ0) is 13.1. The van der Waals surface area contributed by atoms with Crippen molar-refractivity contribution < 1.29 is 9.59 Å². The zero-order valence-corrected chi connectivity index (χ0v) is 11.3. The third kappa shape index (κ3) is 2.90. The number of rotatable bonds is 1. The molecule has 4 heteroatoms. The number of carbonyl (C=O) groups excluding carboxylic acids is 2. The summed E-state index contributed by atoms with van der Waals surface area (Å²) in [5.41, 5.74) is 1.75. The average Bonchev–Trinajstić information content (AvgIpc) is 2.33. The van der Waals surface area contributed by atoms with Crippen LogP contribution in [0.4, 0.5) is 0 Å². The summed E-state index contributed by atoms with van der Waals surface area (Å²) in [6.45, 7) is 1.76. The van der Waals surface area contributed by atoms with E-state index in [4.69, 9.17) is 0 Å². The highest BCUT2D eigenvalue weighted by molar-refractivity contribution is 9.10. The first-order chi connectivity index (χ1) is 8.56. The Kier molecular flexibility index (Phi) is 3.67. The van der Waals surface area contributed by atoms with Crippen LogP contribution in [0.25, 0.3) is 0 Å². The van der Waals surface area contributed by atoms with E-state index in [1.165, 1.54) is 12.2 Å². The lowest BCUT2D eigenvalue weighted by atomic mass is 10.0. The number of aliphatic imine (C=N–C) groups is 1. The summed E-state index contributed by atoms with van der Waals surface area (Å²) >= 11 is 3.30. The Morgan fingerprint density at radius 2 is 1.83 bits per heavy atom. The molecule has 0 unspecified atom stereocenters. The van der Waals surface area contributed by atoms with Gasteiger partial charge in [0.2, 0.25) is 0 Å². The van der Waals surface area contributed by atoms with Gasteiger partial charge in [-0.1, -0.05) is 15.9 Å². The molecule has 18 heavy (non-hydrogen) atoms. The van der Waals surface area contributed by atoms with Crippen LogP contribution in [0.2, 0.25) is 0 Å². The number of amides is 1. The summed E-state index contributed by atoms with van der Waals surface area (Å²) in [5, 5.41) is 0. The van der Waals surface area contributed by atoms with E-state index in [1.807, 2.05) is 0 Å². The molecule has 0 fully saturated rings. The molecule has 1 amide bonds. The quantitative estimate of drug-likeness (QED) is 0.748. The fourth-order valence-corrected chi connectivity index (χ4v) is 1.78. The first kappa shape index (κ1) is 12.6. The molecule has 0 aliphatic heterocycles. The van der Waals surface area contributed by atoms with Gasteiger partial charge in [0.05, 0.1) is 5.71 Å². The van der Waals surface area contributed by atoms with Gasteiger partial charge in [0.15, 0.2) is 5.78 Å². The standard InChI is InChI=1S/C14H10BrNO2/c1-9-8-12(17)6-7-13(9)16-14(18)10-2-4-11(15)5-3-10/h2-8H,1H3. The lowest BCUT2D eigenvalue weighted by Gasteiger charge is -2.05.